The molecule has 0 bridgehead atoms. The van der Waals surface area contributed by atoms with Crippen LogP contribution in [0, 0.1) is 11.8 Å². The van der Waals surface area contributed by atoms with Crippen molar-refractivity contribution in [2.24, 2.45) is 11.8 Å². The van der Waals surface area contributed by atoms with Crippen molar-refractivity contribution < 1.29 is 14.7 Å². The van der Waals surface area contributed by atoms with E-state index in [1.807, 2.05) is 13.0 Å². The molecule has 1 aliphatic carbocycles. The summed E-state index contributed by atoms with van der Waals surface area (Å²) in [5, 5.41) is 12.0. The van der Waals surface area contributed by atoms with Gasteiger partial charge in [-0.2, -0.15) is 0 Å². The minimum atomic E-state index is -1.03. The molecule has 0 heterocycles. The van der Waals surface area contributed by atoms with Crippen molar-refractivity contribution in [2.45, 2.75) is 45.1 Å². The Kier molecular flexibility index (Phi) is 5.37. The molecule has 1 aliphatic rings. The molecule has 0 aliphatic heterocycles. The molecule has 1 aromatic carbocycles. The Morgan fingerprint density at radius 2 is 1.86 bits per heavy atom. The van der Waals surface area contributed by atoms with Crippen LogP contribution in [0.25, 0.3) is 0 Å². The zero-order valence-electron chi connectivity index (χ0n) is 12.4. The standard InChI is InChI=1S/C17H23NO3/c1-12(11-13-7-5-6-8-13)16(19)18-15(17(20)21)14-9-3-2-4-10-14/h2-4,9-10,12-13,15H,5-8,11H2,1H3,(H,18,19)(H,20,21)/t12?,15-/m1/s1. The quantitative estimate of drug-likeness (QED) is 0.845. The van der Waals surface area contributed by atoms with Crippen molar-refractivity contribution in [3.05, 3.63) is 35.9 Å². The fourth-order valence-corrected chi connectivity index (χ4v) is 3.07. The Labute approximate surface area is 125 Å². The summed E-state index contributed by atoms with van der Waals surface area (Å²) in [5.41, 5.74) is 0.603. The number of hydrogen-bond donors (Lipinski definition) is 2. The number of nitrogens with one attached hydrogen (secondary N) is 1. The molecule has 1 amide bonds. The lowest BCUT2D eigenvalue weighted by Gasteiger charge is -2.20. The Morgan fingerprint density at radius 3 is 2.43 bits per heavy atom. The van der Waals surface area contributed by atoms with Crippen molar-refractivity contribution in [1.82, 2.24) is 5.32 Å². The van der Waals surface area contributed by atoms with Crippen LogP contribution in [-0.4, -0.2) is 17.0 Å². The van der Waals surface area contributed by atoms with Gasteiger partial charge in [-0.05, 0) is 17.9 Å². The fraction of sp³-hybridized carbons (Fsp3) is 0.529. The van der Waals surface area contributed by atoms with Crippen LogP contribution in [0.5, 0.6) is 0 Å². The van der Waals surface area contributed by atoms with E-state index < -0.39 is 12.0 Å². The van der Waals surface area contributed by atoms with Gasteiger partial charge in [-0.1, -0.05) is 62.9 Å². The molecule has 4 heteroatoms. The minimum Gasteiger partial charge on any atom is -0.479 e. The summed E-state index contributed by atoms with van der Waals surface area (Å²) < 4.78 is 0. The number of amides is 1. The van der Waals surface area contributed by atoms with Gasteiger partial charge in [0, 0.05) is 5.92 Å². The fourth-order valence-electron chi connectivity index (χ4n) is 3.07. The van der Waals surface area contributed by atoms with Gasteiger partial charge in [-0.3, -0.25) is 4.79 Å². The van der Waals surface area contributed by atoms with E-state index in [0.717, 1.165) is 6.42 Å². The maximum absolute atomic E-state index is 12.2. The largest absolute Gasteiger partial charge is 0.479 e. The summed E-state index contributed by atoms with van der Waals surface area (Å²) in [4.78, 5) is 23.6. The number of carboxylic acids is 1. The van der Waals surface area contributed by atoms with Gasteiger partial charge >= 0.3 is 5.97 Å². The molecule has 1 fully saturated rings. The van der Waals surface area contributed by atoms with E-state index in [-0.39, 0.29) is 11.8 Å². The Bertz CT molecular complexity index is 480. The van der Waals surface area contributed by atoms with Crippen molar-refractivity contribution in [3.8, 4) is 0 Å². The molecule has 0 spiro atoms. The van der Waals surface area contributed by atoms with E-state index in [2.05, 4.69) is 5.32 Å². The van der Waals surface area contributed by atoms with Gasteiger partial charge in [0.25, 0.3) is 0 Å². The minimum absolute atomic E-state index is 0.140. The number of rotatable bonds is 6. The van der Waals surface area contributed by atoms with E-state index in [9.17, 15) is 14.7 Å². The summed E-state index contributed by atoms with van der Waals surface area (Å²) in [6.45, 7) is 1.89. The highest BCUT2D eigenvalue weighted by atomic mass is 16.4. The SMILES string of the molecule is CC(CC1CCCC1)C(=O)N[C@@H](C(=O)O)c1ccccc1. The van der Waals surface area contributed by atoms with Crippen molar-refractivity contribution in [3.63, 3.8) is 0 Å². The molecule has 2 rings (SSSR count). The smallest absolute Gasteiger partial charge is 0.330 e. The van der Waals surface area contributed by atoms with Crippen molar-refractivity contribution >= 4 is 11.9 Å². The molecule has 0 radical (unpaired) electrons. The molecule has 0 saturated heterocycles. The van der Waals surface area contributed by atoms with Gasteiger partial charge in [0.2, 0.25) is 5.91 Å². The topological polar surface area (TPSA) is 66.4 Å². The van der Waals surface area contributed by atoms with Crippen LogP contribution in [0.4, 0.5) is 0 Å². The van der Waals surface area contributed by atoms with Crippen LogP contribution in [0.1, 0.15) is 50.6 Å². The lowest BCUT2D eigenvalue weighted by atomic mass is 9.93. The third-order valence-corrected chi connectivity index (χ3v) is 4.28. The summed E-state index contributed by atoms with van der Waals surface area (Å²) in [6.07, 6.45) is 5.74. The lowest BCUT2D eigenvalue weighted by Crippen LogP contribution is -2.37. The van der Waals surface area contributed by atoms with Crippen LogP contribution < -0.4 is 5.32 Å². The molecule has 4 nitrogen and oxygen atoms in total. The number of aliphatic carboxylic acids is 1. The van der Waals surface area contributed by atoms with Crippen LogP contribution in [0.15, 0.2) is 30.3 Å². The van der Waals surface area contributed by atoms with Gasteiger partial charge in [0.05, 0.1) is 0 Å². The number of hydrogen-bond acceptors (Lipinski definition) is 2. The summed E-state index contributed by atoms with van der Waals surface area (Å²) >= 11 is 0. The molecule has 21 heavy (non-hydrogen) atoms. The number of carbonyl (C=O) groups excluding carboxylic acids is 1. The van der Waals surface area contributed by atoms with E-state index >= 15 is 0 Å². The Morgan fingerprint density at radius 1 is 1.24 bits per heavy atom. The molecule has 2 atom stereocenters. The normalized spacial score (nSPS) is 18.1. The van der Waals surface area contributed by atoms with Crippen LogP contribution >= 0.6 is 0 Å². The molecule has 1 saturated carbocycles. The van der Waals surface area contributed by atoms with E-state index in [1.54, 1.807) is 24.3 Å². The maximum atomic E-state index is 12.2. The number of carbonyl (C=O) groups is 2. The summed E-state index contributed by atoms with van der Waals surface area (Å²) in [5.74, 6) is -0.717. The highest BCUT2D eigenvalue weighted by molar-refractivity contribution is 5.85. The molecule has 114 valence electrons. The monoisotopic (exact) mass is 289 g/mol. The van der Waals surface area contributed by atoms with Crippen LogP contribution in [0.3, 0.4) is 0 Å². The lowest BCUT2D eigenvalue weighted by molar-refractivity contribution is -0.142. The first-order valence-electron chi connectivity index (χ1n) is 7.66. The third-order valence-electron chi connectivity index (χ3n) is 4.28. The first-order valence-corrected chi connectivity index (χ1v) is 7.66. The van der Waals surface area contributed by atoms with Crippen molar-refractivity contribution in [2.75, 3.05) is 0 Å². The van der Waals surface area contributed by atoms with E-state index in [0.29, 0.717) is 11.5 Å². The van der Waals surface area contributed by atoms with E-state index in [1.165, 1.54) is 25.7 Å². The average molecular weight is 289 g/mol. The van der Waals surface area contributed by atoms with Crippen LogP contribution in [-0.2, 0) is 9.59 Å². The molecular formula is C17H23NO3. The van der Waals surface area contributed by atoms with Gasteiger partial charge in [-0.25, -0.2) is 4.79 Å². The molecular weight excluding hydrogens is 266 g/mol. The molecule has 1 aromatic rings. The predicted molar refractivity (Wildman–Crippen MR) is 80.7 cm³/mol. The number of benzene rings is 1. The van der Waals surface area contributed by atoms with E-state index in [4.69, 9.17) is 0 Å². The highest BCUT2D eigenvalue weighted by Crippen LogP contribution is 2.30. The number of carboxylic acid groups (broad SMARTS) is 1. The first-order chi connectivity index (χ1) is 10.1. The first kappa shape index (κ1) is 15.5. The third kappa shape index (κ3) is 4.31. The average Bonchev–Trinajstić information content (AvgIpc) is 2.98. The second kappa shape index (κ2) is 7.25. The second-order valence-electron chi connectivity index (χ2n) is 5.98. The molecule has 0 aromatic heterocycles. The Hall–Kier alpha value is -1.84. The highest BCUT2D eigenvalue weighted by Gasteiger charge is 2.26. The molecule has 2 N–H and O–H groups in total. The van der Waals surface area contributed by atoms with Gasteiger partial charge < -0.3 is 10.4 Å². The van der Waals surface area contributed by atoms with Gasteiger partial charge in [0.15, 0.2) is 6.04 Å². The Balaban J connectivity index is 1.96. The predicted octanol–water partition coefficient (Wildman–Crippen LogP) is 3.14. The summed E-state index contributed by atoms with van der Waals surface area (Å²) in [6, 6.07) is 7.86. The van der Waals surface area contributed by atoms with Gasteiger partial charge in [0.1, 0.15) is 0 Å². The maximum Gasteiger partial charge on any atom is 0.330 e. The molecule has 1 unspecified atom stereocenters. The van der Waals surface area contributed by atoms with Crippen LogP contribution in [0.2, 0.25) is 0 Å². The second-order valence-corrected chi connectivity index (χ2v) is 5.98. The van der Waals surface area contributed by atoms with Gasteiger partial charge in [-0.15, -0.1) is 0 Å². The zero-order chi connectivity index (χ0) is 15.2. The van der Waals surface area contributed by atoms with Crippen molar-refractivity contribution in [1.29, 1.82) is 0 Å². The summed E-state index contributed by atoms with van der Waals surface area (Å²) in [7, 11) is 0. The zero-order valence-corrected chi connectivity index (χ0v) is 12.4.